The van der Waals surface area contributed by atoms with Gasteiger partial charge in [-0.1, -0.05) is 36.2 Å². The number of ether oxygens (including phenoxy) is 1. The molecule has 0 aliphatic rings. The van der Waals surface area contributed by atoms with Crippen molar-refractivity contribution in [3.8, 4) is 5.75 Å². The first-order valence-electron chi connectivity index (χ1n) is 7.08. The van der Waals surface area contributed by atoms with Crippen molar-refractivity contribution in [1.29, 1.82) is 0 Å². The summed E-state index contributed by atoms with van der Waals surface area (Å²) >= 11 is 0. The van der Waals surface area contributed by atoms with Crippen LogP contribution in [-0.2, 0) is 23.0 Å². The van der Waals surface area contributed by atoms with Gasteiger partial charge in [0.05, 0.1) is 19.8 Å². The van der Waals surface area contributed by atoms with Crippen LogP contribution in [0.5, 0.6) is 5.75 Å². The summed E-state index contributed by atoms with van der Waals surface area (Å²) in [7, 11) is -3.76. The van der Waals surface area contributed by atoms with Crippen LogP contribution < -0.4 is 4.89 Å². The molecule has 1 rings (SSSR count). The molecule has 0 radical (unpaired) electrons. The van der Waals surface area contributed by atoms with E-state index in [1.807, 2.05) is 19.9 Å². The Labute approximate surface area is 125 Å². The quantitative estimate of drug-likeness (QED) is 0.251. The Kier molecular flexibility index (Phi) is 9.30. The van der Waals surface area contributed by atoms with Gasteiger partial charge in [-0.2, -0.15) is 0 Å². The molecule has 1 unspecified atom stereocenters. The second-order valence-electron chi connectivity index (χ2n) is 4.14. The Bertz CT molecular complexity index is 411. The van der Waals surface area contributed by atoms with Gasteiger partial charge in [0.15, 0.2) is 5.75 Å². The highest BCUT2D eigenvalue weighted by Crippen LogP contribution is 2.49. The van der Waals surface area contributed by atoms with E-state index in [0.717, 1.165) is 12.8 Å². The van der Waals surface area contributed by atoms with Crippen LogP contribution in [-0.4, -0.2) is 26.4 Å². The van der Waals surface area contributed by atoms with E-state index in [1.165, 1.54) is 0 Å². The van der Waals surface area contributed by atoms with Gasteiger partial charge >= 0.3 is 7.82 Å². The van der Waals surface area contributed by atoms with Crippen LogP contribution in [0, 0.1) is 0 Å². The molecule has 0 bridgehead atoms. The van der Waals surface area contributed by atoms with Gasteiger partial charge in [0.25, 0.3) is 0 Å². The monoisotopic (exact) mass is 318 g/mol. The molecule has 0 amide bonds. The first-order chi connectivity index (χ1) is 10.2. The van der Waals surface area contributed by atoms with E-state index in [2.05, 4.69) is 0 Å². The van der Waals surface area contributed by atoms with Crippen molar-refractivity contribution in [2.24, 2.45) is 0 Å². The molecule has 120 valence electrons. The minimum atomic E-state index is -3.76. The van der Waals surface area contributed by atoms with Crippen molar-refractivity contribution in [2.75, 3.05) is 26.4 Å². The third-order valence-corrected chi connectivity index (χ3v) is 3.65. The number of para-hydroxylation sites is 1. The molecule has 7 heteroatoms. The van der Waals surface area contributed by atoms with Gasteiger partial charge in [-0.3, -0.25) is 9.05 Å². The predicted molar refractivity (Wildman–Crippen MR) is 79.1 cm³/mol. The van der Waals surface area contributed by atoms with Crippen molar-refractivity contribution in [3.05, 3.63) is 30.3 Å². The van der Waals surface area contributed by atoms with Crippen LogP contribution >= 0.6 is 7.82 Å². The molecule has 0 heterocycles. The minimum absolute atomic E-state index is 0.107. The number of rotatable bonds is 12. The molecule has 0 aliphatic carbocycles. The van der Waals surface area contributed by atoms with Gasteiger partial charge in [-0.25, -0.2) is 4.57 Å². The molecular weight excluding hydrogens is 295 g/mol. The summed E-state index contributed by atoms with van der Waals surface area (Å²) in [6, 6.07) is 8.74. The molecule has 0 saturated carbocycles. The maximum atomic E-state index is 12.4. The highest BCUT2D eigenvalue weighted by atomic mass is 31.2. The third-order valence-electron chi connectivity index (χ3n) is 2.40. The summed E-state index contributed by atoms with van der Waals surface area (Å²) in [6.07, 6.45) is 1.67. The lowest BCUT2D eigenvalue weighted by molar-refractivity contribution is -0.133. The van der Waals surface area contributed by atoms with E-state index in [-0.39, 0.29) is 13.2 Å². The fraction of sp³-hybridized carbons (Fsp3) is 0.571. The zero-order chi connectivity index (χ0) is 15.4. The van der Waals surface area contributed by atoms with Gasteiger partial charge in [0.1, 0.15) is 0 Å². The first kappa shape index (κ1) is 18.1. The van der Waals surface area contributed by atoms with E-state index in [1.54, 1.807) is 24.3 Å². The van der Waals surface area contributed by atoms with Gasteiger partial charge in [0.2, 0.25) is 0 Å². The Hall–Kier alpha value is -0.910. The summed E-state index contributed by atoms with van der Waals surface area (Å²) in [5.74, 6) is 0.422. The van der Waals surface area contributed by atoms with Crippen LogP contribution in [0.15, 0.2) is 30.3 Å². The van der Waals surface area contributed by atoms with Gasteiger partial charge in [-0.05, 0) is 25.5 Å². The molecule has 6 nitrogen and oxygen atoms in total. The Balaban J connectivity index is 2.47. The lowest BCUT2D eigenvalue weighted by Crippen LogP contribution is -2.08. The standard InChI is InChI=1S/C14H23O6P/c1-3-5-11-17-21(15,18-13-12-16-4-2)20-19-14-9-7-6-8-10-14/h6-10H,3-5,11-13H2,1-2H3. The SMILES string of the molecule is CCCCOP(=O)(OCCOCC)OOc1ccccc1. The summed E-state index contributed by atoms with van der Waals surface area (Å²) in [4.78, 5) is 5.00. The molecule has 0 N–H and O–H groups in total. The fourth-order valence-corrected chi connectivity index (χ4v) is 2.31. The number of benzene rings is 1. The Morgan fingerprint density at radius 1 is 1.00 bits per heavy atom. The van der Waals surface area contributed by atoms with Crippen molar-refractivity contribution < 1.29 is 27.9 Å². The molecule has 21 heavy (non-hydrogen) atoms. The second kappa shape index (κ2) is 10.8. The van der Waals surface area contributed by atoms with E-state index >= 15 is 0 Å². The van der Waals surface area contributed by atoms with Crippen LogP contribution in [0.3, 0.4) is 0 Å². The van der Waals surface area contributed by atoms with E-state index < -0.39 is 7.82 Å². The van der Waals surface area contributed by atoms with Crippen molar-refractivity contribution in [3.63, 3.8) is 0 Å². The fourth-order valence-electron chi connectivity index (χ4n) is 1.32. The molecule has 0 spiro atoms. The van der Waals surface area contributed by atoms with Crippen LogP contribution in [0.2, 0.25) is 0 Å². The third kappa shape index (κ3) is 8.19. The highest BCUT2D eigenvalue weighted by molar-refractivity contribution is 7.48. The van der Waals surface area contributed by atoms with E-state index in [4.69, 9.17) is 23.3 Å². The summed E-state index contributed by atoms with van der Waals surface area (Å²) < 4.78 is 32.8. The summed E-state index contributed by atoms with van der Waals surface area (Å²) in [5, 5.41) is 0. The van der Waals surface area contributed by atoms with Gasteiger partial charge < -0.3 is 9.62 Å². The Morgan fingerprint density at radius 3 is 2.38 bits per heavy atom. The largest absolute Gasteiger partial charge is 0.511 e. The van der Waals surface area contributed by atoms with Crippen LogP contribution in [0.25, 0.3) is 0 Å². The lowest BCUT2D eigenvalue weighted by atomic mass is 10.3. The Morgan fingerprint density at radius 2 is 1.71 bits per heavy atom. The average Bonchev–Trinajstić information content (AvgIpc) is 2.51. The zero-order valence-corrected chi connectivity index (χ0v) is 13.4. The van der Waals surface area contributed by atoms with E-state index in [9.17, 15) is 4.57 Å². The topological polar surface area (TPSA) is 63.2 Å². The zero-order valence-electron chi connectivity index (χ0n) is 12.5. The average molecular weight is 318 g/mol. The first-order valence-corrected chi connectivity index (χ1v) is 8.54. The molecule has 0 aliphatic heterocycles. The summed E-state index contributed by atoms with van der Waals surface area (Å²) in [6.45, 7) is 5.13. The lowest BCUT2D eigenvalue weighted by Gasteiger charge is -2.16. The molecule has 0 saturated heterocycles. The van der Waals surface area contributed by atoms with Crippen molar-refractivity contribution >= 4 is 7.82 Å². The maximum Gasteiger partial charge on any atom is 0.511 e. The number of hydrogen-bond acceptors (Lipinski definition) is 6. The minimum Gasteiger partial charge on any atom is -0.379 e. The van der Waals surface area contributed by atoms with E-state index in [0.29, 0.717) is 19.0 Å². The van der Waals surface area contributed by atoms with Crippen LogP contribution in [0.1, 0.15) is 26.7 Å². The predicted octanol–water partition coefficient (Wildman–Crippen LogP) is 3.97. The molecule has 1 aromatic rings. The molecule has 1 atom stereocenters. The maximum absolute atomic E-state index is 12.4. The van der Waals surface area contributed by atoms with Crippen molar-refractivity contribution in [1.82, 2.24) is 0 Å². The van der Waals surface area contributed by atoms with Gasteiger partial charge in [0, 0.05) is 6.61 Å². The molecule has 1 aromatic carbocycles. The summed E-state index contributed by atoms with van der Waals surface area (Å²) in [5.41, 5.74) is 0. The molecular formula is C14H23O6P. The van der Waals surface area contributed by atoms with Gasteiger partial charge in [-0.15, -0.1) is 0 Å². The number of unbranched alkanes of at least 4 members (excludes halogenated alkanes) is 1. The highest BCUT2D eigenvalue weighted by Gasteiger charge is 2.29. The van der Waals surface area contributed by atoms with Crippen LogP contribution in [0.4, 0.5) is 0 Å². The number of hydrogen-bond donors (Lipinski definition) is 0. The number of phosphoric acid groups is 1. The van der Waals surface area contributed by atoms with Crippen molar-refractivity contribution in [2.45, 2.75) is 26.7 Å². The molecule has 0 aromatic heterocycles. The normalized spacial score (nSPS) is 13.8. The smallest absolute Gasteiger partial charge is 0.379 e. The molecule has 0 fully saturated rings. The second-order valence-corrected chi connectivity index (χ2v) is 5.69. The number of phosphoric ester groups is 1.